The molecule has 2 heterocycles. The van der Waals surface area contributed by atoms with E-state index in [-0.39, 0.29) is 17.1 Å². The quantitative estimate of drug-likeness (QED) is 0.545. The summed E-state index contributed by atoms with van der Waals surface area (Å²) >= 11 is 0. The topological polar surface area (TPSA) is 98.0 Å². The van der Waals surface area contributed by atoms with Crippen LogP contribution in [0.15, 0.2) is 47.4 Å². The van der Waals surface area contributed by atoms with Crippen molar-refractivity contribution < 1.29 is 19.4 Å². The Balaban J connectivity index is 1.78. The largest absolute Gasteiger partial charge is 0.478 e. The van der Waals surface area contributed by atoms with Gasteiger partial charge in [-0.3, -0.25) is 14.0 Å². The highest BCUT2D eigenvalue weighted by molar-refractivity contribution is 5.88. The van der Waals surface area contributed by atoms with E-state index in [9.17, 15) is 19.5 Å². The number of carboxylic acid groups (broad SMARTS) is 1. The van der Waals surface area contributed by atoms with Crippen LogP contribution in [0, 0.1) is 0 Å². The number of carbonyl (C=O) groups is 2. The Labute approximate surface area is 165 Å². The number of ether oxygens (including phenoxy) is 1. The number of benzene rings is 1. The van der Waals surface area contributed by atoms with Crippen LogP contribution in [0.25, 0.3) is 17.3 Å². The number of carbonyl (C=O) groups excluding carboxylic acids is 1. The number of hydrogen-bond donors (Lipinski definition) is 1. The van der Waals surface area contributed by atoms with Gasteiger partial charge in [-0.05, 0) is 60.7 Å². The highest BCUT2D eigenvalue weighted by Gasteiger charge is 2.21. The molecule has 1 aliphatic carbocycles. The number of rotatable bonds is 3. The summed E-state index contributed by atoms with van der Waals surface area (Å²) < 4.78 is 6.35. The molecule has 146 valence electrons. The van der Waals surface area contributed by atoms with E-state index in [4.69, 9.17) is 4.74 Å². The maximum absolute atomic E-state index is 12.9. The highest BCUT2D eigenvalue weighted by atomic mass is 16.5. The fraction of sp³-hybridized carbons (Fsp3) is 0.182. The predicted octanol–water partition coefficient (Wildman–Crippen LogP) is 3.19. The van der Waals surface area contributed by atoms with Crippen LogP contribution in [0.2, 0.25) is 0 Å². The van der Waals surface area contributed by atoms with E-state index in [0.717, 1.165) is 24.0 Å². The highest BCUT2D eigenvalue weighted by Crippen LogP contribution is 2.30. The Morgan fingerprint density at radius 1 is 1.14 bits per heavy atom. The van der Waals surface area contributed by atoms with E-state index in [2.05, 4.69) is 4.98 Å². The molecule has 0 amide bonds. The first-order valence-electron chi connectivity index (χ1n) is 9.20. The Kier molecular flexibility index (Phi) is 4.72. The summed E-state index contributed by atoms with van der Waals surface area (Å²) in [4.78, 5) is 39.8. The average Bonchev–Trinajstić information content (AvgIpc) is 2.69. The average molecular weight is 390 g/mol. The Hall–Kier alpha value is -3.74. The molecule has 29 heavy (non-hydrogen) atoms. The second kappa shape index (κ2) is 7.35. The third kappa shape index (κ3) is 3.67. The van der Waals surface area contributed by atoms with Crippen LogP contribution in [-0.2, 0) is 11.2 Å². The first-order valence-corrected chi connectivity index (χ1v) is 9.20. The van der Waals surface area contributed by atoms with Crippen molar-refractivity contribution in [1.82, 2.24) is 9.38 Å². The molecule has 0 radical (unpaired) electrons. The molecule has 0 saturated carbocycles. The van der Waals surface area contributed by atoms with Crippen LogP contribution in [0.5, 0.6) is 5.75 Å². The lowest BCUT2D eigenvalue weighted by Crippen LogP contribution is -2.25. The number of nitrogens with zero attached hydrogens (tertiary/aromatic N) is 2. The standard InChI is InChI=1S/C22H18N2O5/c1-13(25)29-17-8-5-14(6-9-17)11-15-3-2-4-18-20(15)23-19-10-7-16(22(27)28)12-24(19)21(18)26/h5-12H,2-4H2,1H3,(H,27,28). The van der Waals surface area contributed by atoms with Gasteiger partial charge in [-0.1, -0.05) is 12.1 Å². The molecule has 0 unspecified atom stereocenters. The number of aromatic carboxylic acids is 1. The van der Waals surface area contributed by atoms with Crippen LogP contribution in [0.4, 0.5) is 0 Å². The van der Waals surface area contributed by atoms with Crippen molar-refractivity contribution in [1.29, 1.82) is 0 Å². The minimum atomic E-state index is -1.09. The van der Waals surface area contributed by atoms with Gasteiger partial charge in [-0.15, -0.1) is 0 Å². The zero-order valence-corrected chi connectivity index (χ0v) is 15.7. The van der Waals surface area contributed by atoms with Gasteiger partial charge in [0, 0.05) is 18.7 Å². The molecule has 1 aromatic carbocycles. The molecule has 0 fully saturated rings. The normalized spacial score (nSPS) is 14.6. The maximum atomic E-state index is 12.9. The van der Waals surface area contributed by atoms with Gasteiger partial charge in [0.2, 0.25) is 0 Å². The maximum Gasteiger partial charge on any atom is 0.337 e. The molecule has 0 saturated heterocycles. The molecule has 4 rings (SSSR count). The predicted molar refractivity (Wildman–Crippen MR) is 107 cm³/mol. The van der Waals surface area contributed by atoms with E-state index < -0.39 is 5.97 Å². The molecule has 1 aliphatic rings. The van der Waals surface area contributed by atoms with E-state index in [1.54, 1.807) is 18.2 Å². The van der Waals surface area contributed by atoms with Gasteiger partial charge >= 0.3 is 11.9 Å². The van der Waals surface area contributed by atoms with Crippen LogP contribution in [-0.4, -0.2) is 26.4 Å². The number of pyridine rings is 1. The van der Waals surface area contributed by atoms with Gasteiger partial charge in [0.05, 0.1) is 11.3 Å². The van der Waals surface area contributed by atoms with Crippen molar-refractivity contribution in [3.63, 3.8) is 0 Å². The van der Waals surface area contributed by atoms with E-state index in [1.807, 2.05) is 18.2 Å². The van der Waals surface area contributed by atoms with Crippen molar-refractivity contribution in [3.8, 4) is 5.75 Å². The second-order valence-electron chi connectivity index (χ2n) is 6.88. The van der Waals surface area contributed by atoms with Crippen molar-refractivity contribution >= 4 is 29.2 Å². The van der Waals surface area contributed by atoms with Crippen molar-refractivity contribution in [3.05, 3.63) is 75.3 Å². The minimum absolute atomic E-state index is 0.0424. The monoisotopic (exact) mass is 390 g/mol. The number of hydrogen-bond acceptors (Lipinski definition) is 5. The van der Waals surface area contributed by atoms with Crippen LogP contribution >= 0.6 is 0 Å². The van der Waals surface area contributed by atoms with Crippen molar-refractivity contribution in [2.75, 3.05) is 0 Å². The summed E-state index contributed by atoms with van der Waals surface area (Å²) in [6.45, 7) is 1.35. The van der Waals surface area contributed by atoms with E-state index in [1.165, 1.54) is 23.6 Å². The number of fused-ring (bicyclic) bond motifs is 2. The lowest BCUT2D eigenvalue weighted by Gasteiger charge is -2.18. The number of carboxylic acids is 1. The molecule has 7 heteroatoms. The molecular weight excluding hydrogens is 372 g/mol. The fourth-order valence-corrected chi connectivity index (χ4v) is 3.51. The summed E-state index contributed by atoms with van der Waals surface area (Å²) in [5.74, 6) is -0.991. The van der Waals surface area contributed by atoms with Gasteiger partial charge in [-0.25, -0.2) is 9.78 Å². The Bertz CT molecular complexity index is 1220. The van der Waals surface area contributed by atoms with Crippen LogP contribution in [0.1, 0.15) is 46.9 Å². The third-order valence-electron chi connectivity index (χ3n) is 4.82. The molecule has 0 atom stereocenters. The molecule has 2 aromatic heterocycles. The van der Waals surface area contributed by atoms with Gasteiger partial charge in [0.15, 0.2) is 0 Å². The summed E-state index contributed by atoms with van der Waals surface area (Å²) in [5, 5.41) is 9.18. The smallest absolute Gasteiger partial charge is 0.337 e. The number of esters is 1. The summed E-state index contributed by atoms with van der Waals surface area (Å²) in [6.07, 6.45) is 5.49. The molecule has 0 bridgehead atoms. The van der Waals surface area contributed by atoms with Crippen molar-refractivity contribution in [2.45, 2.75) is 26.2 Å². The second-order valence-corrected chi connectivity index (χ2v) is 6.88. The summed E-state index contributed by atoms with van der Waals surface area (Å²) in [5.41, 5.74) is 3.34. The number of allylic oxidation sites excluding steroid dienone is 1. The van der Waals surface area contributed by atoms with Gasteiger partial charge in [-0.2, -0.15) is 0 Å². The number of aromatic nitrogens is 2. The Morgan fingerprint density at radius 2 is 1.90 bits per heavy atom. The first kappa shape index (κ1) is 18.6. The SMILES string of the molecule is CC(=O)Oc1ccc(C=C2CCCc3c2nc2ccc(C(=O)O)cn2c3=O)cc1. The lowest BCUT2D eigenvalue weighted by molar-refractivity contribution is -0.131. The molecule has 7 nitrogen and oxygen atoms in total. The van der Waals surface area contributed by atoms with E-state index >= 15 is 0 Å². The summed E-state index contributed by atoms with van der Waals surface area (Å²) in [6, 6.07) is 10.1. The van der Waals surface area contributed by atoms with Crippen molar-refractivity contribution in [2.24, 2.45) is 0 Å². The van der Waals surface area contributed by atoms with E-state index in [0.29, 0.717) is 29.1 Å². The molecule has 3 aromatic rings. The first-order chi connectivity index (χ1) is 13.9. The zero-order chi connectivity index (χ0) is 20.5. The third-order valence-corrected chi connectivity index (χ3v) is 4.82. The molecular formula is C22H18N2O5. The molecule has 0 spiro atoms. The van der Waals surface area contributed by atoms with Crippen LogP contribution in [0.3, 0.4) is 0 Å². The molecule has 1 N–H and O–H groups in total. The van der Waals surface area contributed by atoms with Gasteiger partial charge in [0.1, 0.15) is 11.4 Å². The minimum Gasteiger partial charge on any atom is -0.478 e. The van der Waals surface area contributed by atoms with Crippen LogP contribution < -0.4 is 10.3 Å². The molecule has 0 aliphatic heterocycles. The fourth-order valence-electron chi connectivity index (χ4n) is 3.51. The summed E-state index contributed by atoms with van der Waals surface area (Å²) in [7, 11) is 0. The van der Waals surface area contributed by atoms with Gasteiger partial charge in [0.25, 0.3) is 5.56 Å². The lowest BCUT2D eigenvalue weighted by atomic mass is 9.91. The zero-order valence-electron chi connectivity index (χ0n) is 15.7. The Morgan fingerprint density at radius 3 is 2.59 bits per heavy atom. The van der Waals surface area contributed by atoms with Gasteiger partial charge < -0.3 is 9.84 Å².